The van der Waals surface area contributed by atoms with E-state index in [2.05, 4.69) is 9.97 Å². The van der Waals surface area contributed by atoms with Crippen molar-refractivity contribution in [1.29, 1.82) is 0 Å². The summed E-state index contributed by atoms with van der Waals surface area (Å²) in [6.07, 6.45) is 4.25. The number of rotatable bonds is 1. The lowest BCUT2D eigenvalue weighted by Crippen LogP contribution is -1.84. The first-order chi connectivity index (χ1) is 4.79. The van der Waals surface area contributed by atoms with Gasteiger partial charge < -0.3 is 5.11 Å². The van der Waals surface area contributed by atoms with E-state index in [9.17, 15) is 4.79 Å². The third-order valence-corrected chi connectivity index (χ3v) is 1.36. The number of carboxylic acid groups (broad SMARTS) is 1. The van der Waals surface area contributed by atoms with Crippen molar-refractivity contribution in [1.82, 2.24) is 9.97 Å². The summed E-state index contributed by atoms with van der Waals surface area (Å²) in [5.74, 6) is 0. The lowest BCUT2D eigenvalue weighted by Gasteiger charge is -1.90. The van der Waals surface area contributed by atoms with Crippen LogP contribution in [0.1, 0.15) is 0 Å². The highest BCUT2D eigenvalue weighted by Gasteiger charge is 1.99. The van der Waals surface area contributed by atoms with E-state index in [1.165, 1.54) is 18.7 Å². The Hall–Kier alpha value is -1.10. The van der Waals surface area contributed by atoms with Crippen LogP contribution in [0.5, 0.6) is 0 Å². The maximum Gasteiger partial charge on any atom is 0.369 e. The summed E-state index contributed by atoms with van der Waals surface area (Å²) in [6, 6.07) is 0. The molecule has 0 aliphatic heterocycles. The summed E-state index contributed by atoms with van der Waals surface area (Å²) in [5, 5.41) is 7.33. The van der Waals surface area contributed by atoms with Crippen molar-refractivity contribution in [3.8, 4) is 0 Å². The molecule has 0 bridgehead atoms. The van der Waals surface area contributed by atoms with Gasteiger partial charge in [0, 0.05) is 12.4 Å². The highest BCUT2D eigenvalue weighted by molar-refractivity contribution is 8.13. The Kier molecular flexibility index (Phi) is 2.22. The van der Waals surface area contributed by atoms with Gasteiger partial charge in [0.25, 0.3) is 0 Å². The van der Waals surface area contributed by atoms with Crippen LogP contribution in [0, 0.1) is 0 Å². The van der Waals surface area contributed by atoms with Crippen LogP contribution in [0.15, 0.2) is 23.6 Å². The van der Waals surface area contributed by atoms with Gasteiger partial charge >= 0.3 is 5.30 Å². The Morgan fingerprint density at radius 3 is 2.60 bits per heavy atom. The molecule has 52 valence electrons. The molecule has 0 aromatic carbocycles. The highest BCUT2D eigenvalue weighted by atomic mass is 32.2. The fourth-order valence-electron chi connectivity index (χ4n) is 0.439. The van der Waals surface area contributed by atoms with Gasteiger partial charge in [0.2, 0.25) is 0 Å². The van der Waals surface area contributed by atoms with Gasteiger partial charge in [-0.15, -0.1) is 0 Å². The second kappa shape index (κ2) is 3.17. The van der Waals surface area contributed by atoms with Crippen LogP contribution in [0.25, 0.3) is 0 Å². The maximum atomic E-state index is 10.1. The van der Waals surface area contributed by atoms with Crippen molar-refractivity contribution in [2.45, 2.75) is 4.90 Å². The number of aromatic nitrogens is 2. The average Bonchev–Trinajstić information content (AvgIpc) is 1.88. The van der Waals surface area contributed by atoms with Gasteiger partial charge in [-0.2, -0.15) is 0 Å². The molecule has 0 aliphatic carbocycles. The van der Waals surface area contributed by atoms with E-state index < -0.39 is 5.30 Å². The van der Waals surface area contributed by atoms with Crippen molar-refractivity contribution in [3.63, 3.8) is 0 Å². The summed E-state index contributed by atoms with van der Waals surface area (Å²) in [4.78, 5) is 17.9. The summed E-state index contributed by atoms with van der Waals surface area (Å²) in [5.41, 5.74) is 0. The summed E-state index contributed by atoms with van der Waals surface area (Å²) < 4.78 is 0. The molecular weight excluding hydrogens is 152 g/mol. The van der Waals surface area contributed by atoms with Gasteiger partial charge in [-0.1, -0.05) is 0 Å². The highest BCUT2D eigenvalue weighted by Crippen LogP contribution is 2.14. The van der Waals surface area contributed by atoms with Crippen LogP contribution < -0.4 is 0 Å². The first-order valence-electron chi connectivity index (χ1n) is 2.45. The molecule has 1 aromatic rings. The van der Waals surface area contributed by atoms with E-state index in [1.807, 2.05) is 0 Å². The average molecular weight is 156 g/mol. The van der Waals surface area contributed by atoms with Gasteiger partial charge in [0.05, 0.1) is 4.90 Å². The van der Waals surface area contributed by atoms with Crippen LogP contribution >= 0.6 is 11.8 Å². The van der Waals surface area contributed by atoms with E-state index in [0.29, 0.717) is 16.7 Å². The van der Waals surface area contributed by atoms with Gasteiger partial charge in [-0.05, 0) is 11.8 Å². The summed E-state index contributed by atoms with van der Waals surface area (Å²) in [7, 11) is 0. The van der Waals surface area contributed by atoms with Crippen molar-refractivity contribution in [2.24, 2.45) is 0 Å². The zero-order valence-electron chi connectivity index (χ0n) is 4.89. The van der Waals surface area contributed by atoms with Gasteiger partial charge in [0.15, 0.2) is 0 Å². The zero-order valence-corrected chi connectivity index (χ0v) is 5.71. The molecule has 0 atom stereocenters. The monoisotopic (exact) mass is 156 g/mol. The predicted molar refractivity (Wildman–Crippen MR) is 35.9 cm³/mol. The third kappa shape index (κ3) is 2.02. The van der Waals surface area contributed by atoms with E-state index in [4.69, 9.17) is 5.11 Å². The van der Waals surface area contributed by atoms with E-state index in [1.54, 1.807) is 0 Å². The number of thioether (sulfide) groups is 1. The number of hydrogen-bond acceptors (Lipinski definition) is 4. The summed E-state index contributed by atoms with van der Waals surface area (Å²) >= 11 is 0.690. The molecule has 1 aromatic heterocycles. The molecule has 0 saturated carbocycles. The minimum atomic E-state index is -0.949. The Labute approximate surface area is 61.3 Å². The molecule has 0 spiro atoms. The Bertz CT molecular complexity index is 226. The van der Waals surface area contributed by atoms with Gasteiger partial charge in [0.1, 0.15) is 6.33 Å². The number of nitrogens with zero attached hydrogens (tertiary/aromatic N) is 2. The molecule has 1 heterocycles. The van der Waals surface area contributed by atoms with Crippen LogP contribution in [0.2, 0.25) is 0 Å². The van der Waals surface area contributed by atoms with Crippen LogP contribution in [-0.4, -0.2) is 20.4 Å². The van der Waals surface area contributed by atoms with Crippen LogP contribution in [-0.2, 0) is 0 Å². The van der Waals surface area contributed by atoms with Crippen LogP contribution in [0.3, 0.4) is 0 Å². The number of carbonyl (C=O) groups is 1. The molecule has 1 rings (SSSR count). The maximum absolute atomic E-state index is 10.1. The number of hydrogen-bond donors (Lipinski definition) is 1. The third-order valence-electron chi connectivity index (χ3n) is 0.742. The van der Waals surface area contributed by atoms with E-state index >= 15 is 0 Å². The van der Waals surface area contributed by atoms with Crippen molar-refractivity contribution in [3.05, 3.63) is 18.7 Å². The SMILES string of the molecule is O=C(O)Sc1cncnc1. The molecule has 5 heteroatoms. The molecule has 0 fully saturated rings. The second-order valence-corrected chi connectivity index (χ2v) is 2.47. The topological polar surface area (TPSA) is 63.1 Å². The molecule has 0 aliphatic rings. The lowest BCUT2D eigenvalue weighted by molar-refractivity contribution is 0.222. The zero-order chi connectivity index (χ0) is 7.40. The molecule has 10 heavy (non-hydrogen) atoms. The van der Waals surface area contributed by atoms with Crippen molar-refractivity contribution < 1.29 is 9.90 Å². The Balaban J connectivity index is 2.67. The smallest absolute Gasteiger partial charge is 0.369 e. The van der Waals surface area contributed by atoms with Gasteiger partial charge in [-0.25, -0.2) is 14.8 Å². The standard InChI is InChI=1S/C5H4N2O2S/c8-5(9)10-4-1-6-3-7-2-4/h1-3H,(H,8,9). The second-order valence-electron chi connectivity index (χ2n) is 1.44. The summed E-state index contributed by atoms with van der Waals surface area (Å²) in [6.45, 7) is 0. The predicted octanol–water partition coefficient (Wildman–Crippen LogP) is 1.25. The fraction of sp³-hybridized carbons (Fsp3) is 0. The molecule has 0 saturated heterocycles. The Morgan fingerprint density at radius 2 is 2.10 bits per heavy atom. The normalized spacial score (nSPS) is 9.20. The minimum Gasteiger partial charge on any atom is -0.473 e. The molecule has 4 nitrogen and oxygen atoms in total. The van der Waals surface area contributed by atoms with Crippen molar-refractivity contribution in [2.75, 3.05) is 0 Å². The first kappa shape index (κ1) is 7.01. The van der Waals surface area contributed by atoms with Gasteiger partial charge in [-0.3, -0.25) is 0 Å². The molecular formula is C5H4N2O2S. The fourth-order valence-corrected chi connectivity index (χ4v) is 0.868. The minimum absolute atomic E-state index is 0.537. The van der Waals surface area contributed by atoms with Crippen LogP contribution in [0.4, 0.5) is 4.79 Å². The lowest BCUT2D eigenvalue weighted by atomic mass is 10.7. The first-order valence-corrected chi connectivity index (χ1v) is 3.26. The molecule has 0 radical (unpaired) electrons. The van der Waals surface area contributed by atoms with E-state index in [-0.39, 0.29) is 0 Å². The molecule has 0 amide bonds. The van der Waals surface area contributed by atoms with E-state index in [0.717, 1.165) is 0 Å². The molecule has 0 unspecified atom stereocenters. The Morgan fingerprint density at radius 1 is 1.50 bits per heavy atom. The molecule has 1 N–H and O–H groups in total. The quantitative estimate of drug-likeness (QED) is 0.620. The largest absolute Gasteiger partial charge is 0.473 e. The van der Waals surface area contributed by atoms with Crippen molar-refractivity contribution >= 4 is 17.1 Å².